The average molecular weight is 612 g/mol. The SMILES string of the molecule is COC(=O)[C@H](Cc1ccc(Cl)c(Cl)c1)NC(=O)c1nn(-c2ccc(Cl)cc2Cl)c(-c2ccc(Cl)cc2)c1C. The van der Waals surface area contributed by atoms with E-state index in [4.69, 9.17) is 62.7 Å². The van der Waals surface area contributed by atoms with E-state index in [1.807, 2.05) is 12.1 Å². The molecule has 0 aliphatic rings. The molecule has 0 spiro atoms. The molecule has 1 N–H and O–H groups in total. The van der Waals surface area contributed by atoms with Crippen LogP contribution in [0.1, 0.15) is 21.6 Å². The fourth-order valence-corrected chi connectivity index (χ4v) is 4.89. The van der Waals surface area contributed by atoms with Crippen LogP contribution in [0.3, 0.4) is 0 Å². The predicted molar refractivity (Wildman–Crippen MR) is 152 cm³/mol. The van der Waals surface area contributed by atoms with Crippen molar-refractivity contribution in [3.8, 4) is 16.9 Å². The Bertz CT molecular complexity index is 1520. The molecule has 11 heteroatoms. The van der Waals surface area contributed by atoms with Crippen LogP contribution in [0.5, 0.6) is 0 Å². The van der Waals surface area contributed by atoms with Crippen molar-refractivity contribution in [1.82, 2.24) is 15.1 Å². The van der Waals surface area contributed by atoms with Crippen LogP contribution in [0.25, 0.3) is 16.9 Å². The fraction of sp³-hybridized carbons (Fsp3) is 0.148. The van der Waals surface area contributed by atoms with E-state index < -0.39 is 17.9 Å². The highest BCUT2D eigenvalue weighted by molar-refractivity contribution is 6.42. The summed E-state index contributed by atoms with van der Waals surface area (Å²) in [7, 11) is 1.25. The number of carbonyl (C=O) groups is 2. The van der Waals surface area contributed by atoms with E-state index in [2.05, 4.69) is 10.4 Å². The molecule has 0 fully saturated rings. The maximum Gasteiger partial charge on any atom is 0.328 e. The van der Waals surface area contributed by atoms with Gasteiger partial charge in [-0.25, -0.2) is 9.48 Å². The Morgan fingerprint density at radius 2 is 1.58 bits per heavy atom. The van der Waals surface area contributed by atoms with Crippen molar-refractivity contribution in [1.29, 1.82) is 0 Å². The van der Waals surface area contributed by atoms with Gasteiger partial charge in [-0.05, 0) is 55.0 Å². The molecule has 0 bridgehead atoms. The second-order valence-electron chi connectivity index (χ2n) is 8.34. The number of carbonyl (C=O) groups excluding carboxylic acids is 2. The molecule has 0 aliphatic heterocycles. The number of methoxy groups -OCH3 is 1. The third-order valence-corrected chi connectivity index (χ3v) is 7.34. The first kappa shape index (κ1) is 28.3. The number of benzene rings is 3. The Kier molecular flexibility index (Phi) is 8.91. The van der Waals surface area contributed by atoms with Crippen molar-refractivity contribution >= 4 is 69.9 Å². The van der Waals surface area contributed by atoms with Crippen molar-refractivity contribution < 1.29 is 14.3 Å². The van der Waals surface area contributed by atoms with Gasteiger partial charge in [0.1, 0.15) is 6.04 Å². The number of halogens is 5. The molecule has 1 aromatic heterocycles. The second-order valence-corrected chi connectivity index (χ2v) is 10.4. The van der Waals surface area contributed by atoms with Gasteiger partial charge in [-0.1, -0.05) is 76.2 Å². The van der Waals surface area contributed by atoms with Crippen LogP contribution < -0.4 is 5.32 Å². The number of amides is 1. The van der Waals surface area contributed by atoms with Crippen LogP contribution >= 0.6 is 58.0 Å². The van der Waals surface area contributed by atoms with Crippen LogP contribution in [0.15, 0.2) is 60.7 Å². The molecule has 1 heterocycles. The summed E-state index contributed by atoms with van der Waals surface area (Å²) in [5.74, 6) is -1.20. The number of nitrogens with one attached hydrogen (secondary N) is 1. The molecule has 6 nitrogen and oxygen atoms in total. The van der Waals surface area contributed by atoms with Gasteiger partial charge in [-0.2, -0.15) is 5.10 Å². The van der Waals surface area contributed by atoms with E-state index in [-0.39, 0.29) is 12.1 Å². The van der Waals surface area contributed by atoms with Crippen LogP contribution in [-0.4, -0.2) is 34.8 Å². The topological polar surface area (TPSA) is 73.2 Å². The molecule has 4 aromatic rings. The lowest BCUT2D eigenvalue weighted by Crippen LogP contribution is -2.43. The van der Waals surface area contributed by atoms with Crippen LogP contribution in [0.2, 0.25) is 25.1 Å². The molecule has 1 amide bonds. The number of hydrogen-bond donors (Lipinski definition) is 1. The van der Waals surface area contributed by atoms with E-state index in [1.54, 1.807) is 60.1 Å². The van der Waals surface area contributed by atoms with Gasteiger partial charge in [-0.3, -0.25) is 4.79 Å². The molecule has 38 heavy (non-hydrogen) atoms. The van der Waals surface area contributed by atoms with Crippen molar-refractivity contribution in [2.75, 3.05) is 7.11 Å². The van der Waals surface area contributed by atoms with Crippen molar-refractivity contribution in [2.45, 2.75) is 19.4 Å². The molecule has 0 radical (unpaired) electrons. The van der Waals surface area contributed by atoms with Crippen LogP contribution in [0, 0.1) is 6.92 Å². The predicted octanol–water partition coefficient (Wildman–Crippen LogP) is 7.63. The first-order valence-electron chi connectivity index (χ1n) is 11.2. The highest BCUT2D eigenvalue weighted by atomic mass is 35.5. The molecule has 196 valence electrons. The highest BCUT2D eigenvalue weighted by Gasteiger charge is 2.28. The van der Waals surface area contributed by atoms with Crippen LogP contribution in [0.4, 0.5) is 0 Å². The molecule has 0 unspecified atom stereocenters. The lowest BCUT2D eigenvalue weighted by Gasteiger charge is -2.16. The molecular formula is C27H20Cl5N3O3. The van der Waals surface area contributed by atoms with Gasteiger partial charge in [0.2, 0.25) is 0 Å². The van der Waals surface area contributed by atoms with Gasteiger partial charge in [0.05, 0.1) is 33.6 Å². The van der Waals surface area contributed by atoms with Gasteiger partial charge in [-0.15, -0.1) is 0 Å². The Hall–Kier alpha value is -2.74. The Balaban J connectivity index is 1.75. The lowest BCUT2D eigenvalue weighted by atomic mass is 10.0. The molecule has 3 aromatic carbocycles. The summed E-state index contributed by atoms with van der Waals surface area (Å²) in [6.07, 6.45) is 0.127. The lowest BCUT2D eigenvalue weighted by molar-refractivity contribution is -0.142. The molecule has 0 saturated heterocycles. The summed E-state index contributed by atoms with van der Waals surface area (Å²) in [4.78, 5) is 26.1. The monoisotopic (exact) mass is 609 g/mol. The van der Waals surface area contributed by atoms with Crippen molar-refractivity contribution in [3.63, 3.8) is 0 Å². The molecule has 4 rings (SSSR count). The van der Waals surface area contributed by atoms with Crippen molar-refractivity contribution in [2.24, 2.45) is 0 Å². The fourth-order valence-electron chi connectivity index (χ4n) is 3.95. The van der Waals surface area contributed by atoms with Gasteiger partial charge >= 0.3 is 5.97 Å². The first-order valence-corrected chi connectivity index (χ1v) is 13.1. The molecule has 1 atom stereocenters. The summed E-state index contributed by atoms with van der Waals surface area (Å²) >= 11 is 30.8. The normalized spacial score (nSPS) is 11.8. The summed E-state index contributed by atoms with van der Waals surface area (Å²) in [5.41, 5.74) is 3.24. The number of ether oxygens (including phenoxy) is 1. The molecule has 0 saturated carbocycles. The summed E-state index contributed by atoms with van der Waals surface area (Å²) in [5, 5.41) is 9.41. The maximum atomic E-state index is 13.5. The Morgan fingerprint density at radius 3 is 2.21 bits per heavy atom. The van der Waals surface area contributed by atoms with Crippen molar-refractivity contribution in [3.05, 3.63) is 103 Å². The second kappa shape index (κ2) is 12.0. The van der Waals surface area contributed by atoms with Gasteiger partial charge in [0.25, 0.3) is 5.91 Å². The summed E-state index contributed by atoms with van der Waals surface area (Å²) < 4.78 is 6.50. The summed E-state index contributed by atoms with van der Waals surface area (Å²) in [6, 6.07) is 16.0. The number of rotatable bonds is 7. The average Bonchev–Trinajstić information content (AvgIpc) is 3.22. The smallest absolute Gasteiger partial charge is 0.328 e. The zero-order valence-electron chi connectivity index (χ0n) is 20.1. The van der Waals surface area contributed by atoms with E-state index >= 15 is 0 Å². The zero-order valence-corrected chi connectivity index (χ0v) is 23.8. The number of esters is 1. The molecule has 0 aliphatic carbocycles. The first-order chi connectivity index (χ1) is 18.1. The maximum absolute atomic E-state index is 13.5. The van der Waals surface area contributed by atoms with Crippen LogP contribution in [-0.2, 0) is 16.0 Å². The minimum atomic E-state index is -1.01. The highest BCUT2D eigenvalue weighted by Crippen LogP contribution is 2.33. The zero-order chi connectivity index (χ0) is 27.6. The third-order valence-electron chi connectivity index (χ3n) is 5.81. The number of aromatic nitrogens is 2. The Labute approximate surface area is 244 Å². The van der Waals surface area contributed by atoms with E-state index in [0.29, 0.717) is 47.6 Å². The largest absolute Gasteiger partial charge is 0.467 e. The number of hydrogen-bond acceptors (Lipinski definition) is 4. The summed E-state index contributed by atoms with van der Waals surface area (Å²) in [6.45, 7) is 1.76. The minimum Gasteiger partial charge on any atom is -0.467 e. The van der Waals surface area contributed by atoms with Gasteiger partial charge < -0.3 is 10.1 Å². The number of nitrogens with zero attached hydrogens (tertiary/aromatic N) is 2. The minimum absolute atomic E-state index is 0.101. The third kappa shape index (κ3) is 6.11. The van der Waals surface area contributed by atoms with Gasteiger partial charge in [0.15, 0.2) is 5.69 Å². The van der Waals surface area contributed by atoms with Gasteiger partial charge in [0, 0.05) is 27.6 Å². The van der Waals surface area contributed by atoms with E-state index in [9.17, 15) is 9.59 Å². The van der Waals surface area contributed by atoms with E-state index in [0.717, 1.165) is 5.56 Å². The molecular weight excluding hydrogens is 592 g/mol. The van der Waals surface area contributed by atoms with E-state index in [1.165, 1.54) is 7.11 Å². The quantitative estimate of drug-likeness (QED) is 0.218. The Morgan fingerprint density at radius 1 is 0.895 bits per heavy atom. The standard InChI is InChI=1S/C27H20Cl5N3O3/c1-14-24(26(36)33-22(27(37)38-2)12-15-3-9-19(30)20(31)11-15)34-35(23-10-8-18(29)13-21(23)32)25(14)16-4-6-17(28)7-5-16/h3-11,13,22H,12H2,1-2H3,(H,33,36)/t22-/m0/s1.